The zero-order valence-electron chi connectivity index (χ0n) is 27.9. The van der Waals surface area contributed by atoms with E-state index in [2.05, 4.69) is 15.0 Å². The normalized spacial score (nSPS) is 20.2. The predicted molar refractivity (Wildman–Crippen MR) is 179 cm³/mol. The number of rotatable bonds is 8. The van der Waals surface area contributed by atoms with Crippen LogP contribution < -0.4 is 14.8 Å². The first-order valence-electron chi connectivity index (χ1n) is 15.9. The van der Waals surface area contributed by atoms with E-state index >= 15 is 0 Å². The number of aliphatic hydroxyl groups is 1. The number of carbonyl (C=O) groups is 2. The Bertz CT molecular complexity index is 1650. The van der Waals surface area contributed by atoms with Gasteiger partial charge in [-0.15, -0.1) is 0 Å². The van der Waals surface area contributed by atoms with Gasteiger partial charge < -0.3 is 34.3 Å². The molecule has 4 rings (SSSR count). The number of nitrogens with one attached hydrogen (secondary N) is 2. The highest BCUT2D eigenvalue weighted by molar-refractivity contribution is 7.92. The van der Waals surface area contributed by atoms with Crippen LogP contribution in [0.5, 0.6) is 5.75 Å². The number of sulfonamides is 1. The van der Waals surface area contributed by atoms with E-state index < -0.39 is 39.9 Å². The van der Waals surface area contributed by atoms with E-state index in [1.165, 1.54) is 63.3 Å². The summed E-state index contributed by atoms with van der Waals surface area (Å²) in [6, 6.07) is 8.96. The van der Waals surface area contributed by atoms with Crippen LogP contribution in [0, 0.1) is 11.7 Å². The number of nitrogens with zero attached hydrogens (tertiary/aromatic N) is 4. The fraction of sp³-hybridized carbons (Fsp3) is 0.485. The maximum Gasteiger partial charge on any atom is 0.321 e. The molecule has 3 amide bonds. The summed E-state index contributed by atoms with van der Waals surface area (Å²) in [5.74, 6) is -0.896. The minimum atomic E-state index is -4.05. The van der Waals surface area contributed by atoms with Crippen molar-refractivity contribution in [2.24, 2.45) is 13.0 Å². The number of amides is 3. The molecular formula is C33H45FN6O7S. The van der Waals surface area contributed by atoms with Gasteiger partial charge in [-0.25, -0.2) is 14.2 Å². The largest absolute Gasteiger partial charge is 0.490 e. The van der Waals surface area contributed by atoms with Crippen LogP contribution in [0.4, 0.5) is 20.6 Å². The Labute approximate surface area is 281 Å². The molecule has 13 nitrogen and oxygen atoms in total. The third-order valence-electron chi connectivity index (χ3n) is 8.16. The van der Waals surface area contributed by atoms with Crippen LogP contribution in [0.3, 0.4) is 0 Å². The second-order valence-corrected chi connectivity index (χ2v) is 13.9. The van der Waals surface area contributed by atoms with Gasteiger partial charge in [0.15, 0.2) is 5.03 Å². The van der Waals surface area contributed by atoms with Crippen molar-refractivity contribution >= 4 is 33.3 Å². The lowest BCUT2D eigenvalue weighted by molar-refractivity contribution is -0.0115. The van der Waals surface area contributed by atoms with Crippen molar-refractivity contribution in [2.45, 2.75) is 63.3 Å². The highest BCUT2D eigenvalue weighted by atomic mass is 32.2. The molecule has 0 unspecified atom stereocenters. The van der Waals surface area contributed by atoms with Crippen molar-refractivity contribution in [3.8, 4) is 5.75 Å². The summed E-state index contributed by atoms with van der Waals surface area (Å²) in [7, 11) is -0.762. The monoisotopic (exact) mass is 688 g/mol. The number of carbonyl (C=O) groups excluding carboxylic acids is 2. The molecule has 3 N–H and O–H groups in total. The number of hydrogen-bond acceptors (Lipinski definition) is 8. The van der Waals surface area contributed by atoms with Crippen LogP contribution in [0.15, 0.2) is 60.0 Å². The second kappa shape index (κ2) is 16.3. The van der Waals surface area contributed by atoms with Gasteiger partial charge in [-0.3, -0.25) is 9.52 Å². The quantitative estimate of drug-likeness (QED) is 0.316. The lowest BCUT2D eigenvalue weighted by Gasteiger charge is -2.35. The second-order valence-electron chi connectivity index (χ2n) is 12.3. The molecule has 0 spiro atoms. The Morgan fingerprint density at radius 3 is 2.54 bits per heavy atom. The third kappa shape index (κ3) is 9.67. The summed E-state index contributed by atoms with van der Waals surface area (Å²) in [5.41, 5.74) is 0.712. The molecule has 0 fully saturated rings. The molecule has 0 radical (unpaired) electrons. The van der Waals surface area contributed by atoms with Gasteiger partial charge in [0.1, 0.15) is 11.6 Å². The Hall–Kier alpha value is -4.21. The number of aryl methyl sites for hydroxylation is 1. The highest BCUT2D eigenvalue weighted by Gasteiger charge is 2.31. The molecule has 15 heteroatoms. The van der Waals surface area contributed by atoms with Crippen molar-refractivity contribution in [3.05, 3.63) is 66.4 Å². The fourth-order valence-corrected chi connectivity index (χ4v) is 6.32. The Morgan fingerprint density at radius 2 is 1.88 bits per heavy atom. The number of ether oxygens (including phenoxy) is 2. The SMILES string of the molecule is C[C@@H]1CCCCO[C@@H](CN(C)C(=O)Nc2ccc(F)cc2)[C@@H](C)CN([C@H](C)CO)C(=O)c2cc(NS(=O)(=O)c3cn(C)cn3)ccc2O1. The van der Waals surface area contributed by atoms with Crippen LogP contribution in [0.25, 0.3) is 0 Å². The van der Waals surface area contributed by atoms with Crippen LogP contribution in [-0.4, -0.2) is 96.4 Å². The summed E-state index contributed by atoms with van der Waals surface area (Å²) in [6.07, 6.45) is 4.17. The molecule has 1 aliphatic heterocycles. The lowest BCUT2D eigenvalue weighted by atomic mass is 10.0. The molecule has 1 aromatic heterocycles. The number of likely N-dealkylation sites (N-methyl/N-ethyl adjacent to an activating group) is 1. The number of halogens is 1. The van der Waals surface area contributed by atoms with Crippen LogP contribution in [0.1, 0.15) is 50.4 Å². The number of imidazole rings is 1. The average molecular weight is 689 g/mol. The van der Waals surface area contributed by atoms with E-state index in [-0.39, 0.29) is 53.7 Å². The maximum absolute atomic E-state index is 14.3. The number of anilines is 2. The topological polar surface area (TPSA) is 155 Å². The molecule has 2 heterocycles. The van der Waals surface area contributed by atoms with E-state index in [4.69, 9.17) is 9.47 Å². The zero-order valence-corrected chi connectivity index (χ0v) is 28.7. The average Bonchev–Trinajstić information content (AvgIpc) is 3.50. The first-order chi connectivity index (χ1) is 22.8. The molecule has 0 saturated heterocycles. The highest BCUT2D eigenvalue weighted by Crippen LogP contribution is 2.29. The molecule has 48 heavy (non-hydrogen) atoms. The van der Waals surface area contributed by atoms with Crippen LogP contribution >= 0.6 is 0 Å². The third-order valence-corrected chi connectivity index (χ3v) is 9.42. The summed E-state index contributed by atoms with van der Waals surface area (Å²) in [6.45, 7) is 5.95. The molecule has 262 valence electrons. The Balaban J connectivity index is 1.62. The van der Waals surface area contributed by atoms with Crippen molar-refractivity contribution in [2.75, 3.05) is 43.4 Å². The summed E-state index contributed by atoms with van der Waals surface area (Å²) in [4.78, 5) is 34.2. The molecule has 2 aromatic carbocycles. The number of benzene rings is 2. The number of hydrogen-bond donors (Lipinski definition) is 3. The number of aliphatic hydroxyl groups excluding tert-OH is 1. The van der Waals surface area contributed by atoms with Gasteiger partial charge in [0.05, 0.1) is 36.7 Å². The van der Waals surface area contributed by atoms with Crippen molar-refractivity contribution < 1.29 is 37.0 Å². The number of fused-ring (bicyclic) bond motifs is 1. The molecule has 1 aliphatic rings. The standard InChI is InChI=1S/C33H45FN6O7S/c1-22-17-40(23(2)20-41)32(42)28-16-27(37-48(44,45)31-19-38(4)21-35-31)13-14-29(28)47-24(3)8-6-7-15-46-30(22)18-39(5)33(43)36-26-11-9-25(34)10-12-26/h9-14,16,19,21-24,30,37,41H,6-8,15,17-18,20H2,1-5H3,(H,36,43)/t22-,23+,24+,30-/m0/s1. The van der Waals surface area contributed by atoms with Crippen LogP contribution in [0.2, 0.25) is 0 Å². The molecular weight excluding hydrogens is 643 g/mol. The van der Waals surface area contributed by atoms with E-state index in [9.17, 15) is 27.5 Å². The first-order valence-corrected chi connectivity index (χ1v) is 17.4. The lowest BCUT2D eigenvalue weighted by Crippen LogP contribution is -2.48. The van der Waals surface area contributed by atoms with Crippen molar-refractivity contribution in [1.29, 1.82) is 0 Å². The minimum Gasteiger partial charge on any atom is -0.490 e. The summed E-state index contributed by atoms with van der Waals surface area (Å²) < 4.78 is 56.0. The Kier molecular flexibility index (Phi) is 12.4. The Morgan fingerprint density at radius 1 is 1.17 bits per heavy atom. The zero-order chi connectivity index (χ0) is 35.0. The minimum absolute atomic E-state index is 0.126. The number of urea groups is 1. The molecule has 0 bridgehead atoms. The van der Waals surface area contributed by atoms with Gasteiger partial charge in [0.2, 0.25) is 0 Å². The smallest absolute Gasteiger partial charge is 0.321 e. The van der Waals surface area contributed by atoms with Gasteiger partial charge in [0, 0.05) is 57.3 Å². The van der Waals surface area contributed by atoms with Gasteiger partial charge >= 0.3 is 6.03 Å². The van der Waals surface area contributed by atoms with Crippen LogP contribution in [-0.2, 0) is 21.8 Å². The van der Waals surface area contributed by atoms with Gasteiger partial charge in [-0.1, -0.05) is 6.92 Å². The maximum atomic E-state index is 14.3. The van der Waals surface area contributed by atoms with E-state index in [0.29, 0.717) is 18.7 Å². The van der Waals surface area contributed by atoms with E-state index in [0.717, 1.165) is 12.8 Å². The molecule has 0 aliphatic carbocycles. The summed E-state index contributed by atoms with van der Waals surface area (Å²) in [5, 5.41) is 12.8. The van der Waals surface area contributed by atoms with Gasteiger partial charge in [0.25, 0.3) is 15.9 Å². The van der Waals surface area contributed by atoms with Gasteiger partial charge in [-0.05, 0) is 75.6 Å². The number of aromatic nitrogens is 2. The molecule has 4 atom stereocenters. The van der Waals surface area contributed by atoms with Gasteiger partial charge in [-0.2, -0.15) is 8.42 Å². The fourth-order valence-electron chi connectivity index (χ4n) is 5.29. The predicted octanol–water partition coefficient (Wildman–Crippen LogP) is 4.32. The molecule has 0 saturated carbocycles. The van der Waals surface area contributed by atoms with Crippen molar-refractivity contribution in [3.63, 3.8) is 0 Å². The van der Waals surface area contributed by atoms with Crippen molar-refractivity contribution in [1.82, 2.24) is 19.4 Å². The molecule has 3 aromatic rings. The van der Waals surface area contributed by atoms with E-state index in [1.54, 1.807) is 27.1 Å². The first kappa shape index (κ1) is 36.6. The van der Waals surface area contributed by atoms with E-state index in [1.807, 2.05) is 13.8 Å². The summed E-state index contributed by atoms with van der Waals surface area (Å²) >= 11 is 0.